The fourth-order valence-electron chi connectivity index (χ4n) is 4.40. The molecule has 1 fully saturated rings. The summed E-state index contributed by atoms with van der Waals surface area (Å²) in [6.07, 6.45) is 1.02. The number of hydrogen-bond acceptors (Lipinski definition) is 5. The van der Waals surface area contributed by atoms with Crippen LogP contribution < -0.4 is 10.2 Å². The SMILES string of the molecule is CCCCC(Cc1c[nH]c2ccccc12)NC(=O)c1nc(N2CCN(C)C(C(F)(F)F)C2)n[nH]1. The second-order valence-corrected chi connectivity index (χ2v) is 8.84. The Bertz CT molecular complexity index is 1110. The van der Waals surface area contributed by atoms with E-state index in [1.807, 2.05) is 30.5 Å². The van der Waals surface area contributed by atoms with Crippen LogP contribution in [0.3, 0.4) is 0 Å². The van der Waals surface area contributed by atoms with Gasteiger partial charge >= 0.3 is 6.18 Å². The normalized spacial score (nSPS) is 18.4. The number of benzene rings is 1. The van der Waals surface area contributed by atoms with Crippen LogP contribution in [0.1, 0.15) is 42.4 Å². The van der Waals surface area contributed by atoms with Crippen LogP contribution >= 0.6 is 0 Å². The summed E-state index contributed by atoms with van der Waals surface area (Å²) in [7, 11) is 1.45. The van der Waals surface area contributed by atoms with Gasteiger partial charge in [0.1, 0.15) is 6.04 Å². The summed E-state index contributed by atoms with van der Waals surface area (Å²) in [4.78, 5) is 23.1. The molecule has 3 heterocycles. The van der Waals surface area contributed by atoms with Crippen LogP contribution in [0.15, 0.2) is 30.5 Å². The van der Waals surface area contributed by atoms with Crippen LogP contribution in [0.2, 0.25) is 0 Å². The summed E-state index contributed by atoms with van der Waals surface area (Å²) < 4.78 is 40.0. The minimum absolute atomic E-state index is 0.00193. The van der Waals surface area contributed by atoms with Gasteiger partial charge in [0, 0.05) is 42.8 Å². The van der Waals surface area contributed by atoms with Gasteiger partial charge in [0.05, 0.1) is 0 Å². The molecule has 1 aliphatic rings. The zero-order valence-electron chi connectivity index (χ0n) is 19.3. The fourth-order valence-corrected chi connectivity index (χ4v) is 4.40. The highest BCUT2D eigenvalue weighted by molar-refractivity contribution is 5.91. The Balaban J connectivity index is 1.44. The first-order chi connectivity index (χ1) is 16.3. The lowest BCUT2D eigenvalue weighted by Gasteiger charge is -2.39. The molecule has 4 rings (SSSR count). The van der Waals surface area contributed by atoms with Crippen LogP contribution in [0.5, 0.6) is 0 Å². The van der Waals surface area contributed by atoms with Crippen LogP contribution in [-0.2, 0) is 6.42 Å². The predicted molar refractivity (Wildman–Crippen MR) is 124 cm³/mol. The van der Waals surface area contributed by atoms with Gasteiger partial charge in [0.2, 0.25) is 11.8 Å². The summed E-state index contributed by atoms with van der Waals surface area (Å²) in [5, 5.41) is 10.8. The minimum Gasteiger partial charge on any atom is -0.361 e. The number of carbonyl (C=O) groups is 1. The number of para-hydroxylation sites is 1. The zero-order valence-corrected chi connectivity index (χ0v) is 19.3. The Morgan fingerprint density at radius 1 is 1.29 bits per heavy atom. The van der Waals surface area contributed by atoms with Crippen molar-refractivity contribution in [3.63, 3.8) is 0 Å². The third-order valence-corrected chi connectivity index (χ3v) is 6.38. The molecule has 3 aromatic rings. The quantitative estimate of drug-likeness (QED) is 0.462. The summed E-state index contributed by atoms with van der Waals surface area (Å²) in [6.45, 7) is 2.39. The van der Waals surface area contributed by atoms with Gasteiger partial charge in [0.15, 0.2) is 0 Å². The number of likely N-dealkylation sites (N-methyl/N-ethyl adjacent to an activating group) is 1. The van der Waals surface area contributed by atoms with Gasteiger partial charge in [-0.1, -0.05) is 38.0 Å². The summed E-state index contributed by atoms with van der Waals surface area (Å²) in [6, 6.07) is 6.29. The maximum absolute atomic E-state index is 13.3. The van der Waals surface area contributed by atoms with Crippen molar-refractivity contribution in [3.05, 3.63) is 41.9 Å². The van der Waals surface area contributed by atoms with E-state index in [1.54, 1.807) is 0 Å². The Morgan fingerprint density at radius 3 is 2.85 bits per heavy atom. The molecule has 0 bridgehead atoms. The van der Waals surface area contributed by atoms with Crippen LogP contribution in [0.4, 0.5) is 19.1 Å². The highest BCUT2D eigenvalue weighted by Crippen LogP contribution is 2.28. The van der Waals surface area contributed by atoms with Crippen molar-refractivity contribution in [2.75, 3.05) is 31.6 Å². The number of carbonyl (C=O) groups excluding carboxylic acids is 1. The molecule has 34 heavy (non-hydrogen) atoms. The number of halogens is 3. The molecule has 0 aliphatic carbocycles. The van der Waals surface area contributed by atoms with Gasteiger partial charge in [-0.05, 0) is 31.5 Å². The third-order valence-electron chi connectivity index (χ3n) is 6.38. The van der Waals surface area contributed by atoms with Gasteiger partial charge in [-0.25, -0.2) is 0 Å². The number of alkyl halides is 3. The molecule has 2 unspecified atom stereocenters. The van der Waals surface area contributed by atoms with Crippen molar-refractivity contribution in [3.8, 4) is 0 Å². The Morgan fingerprint density at radius 2 is 2.09 bits per heavy atom. The van der Waals surface area contributed by atoms with E-state index in [4.69, 9.17) is 0 Å². The molecule has 1 saturated heterocycles. The molecular weight excluding hydrogens is 447 g/mol. The molecule has 1 aliphatic heterocycles. The van der Waals surface area contributed by atoms with Crippen LogP contribution in [-0.4, -0.2) is 75.9 Å². The molecule has 0 spiro atoms. The average Bonchev–Trinajstić information content (AvgIpc) is 3.45. The van der Waals surface area contributed by atoms with Crippen molar-refractivity contribution in [2.24, 2.45) is 0 Å². The Hall–Kier alpha value is -3.08. The van der Waals surface area contributed by atoms with E-state index in [0.29, 0.717) is 13.0 Å². The number of nitrogens with zero attached hydrogens (tertiary/aromatic N) is 4. The maximum Gasteiger partial charge on any atom is 0.405 e. The average molecular weight is 478 g/mol. The standard InChI is InChI=1S/C23H30F3N7O/c1-3-4-7-16(12-15-13-27-18-9-6-5-8-17(15)18)28-21(34)20-29-22(31-30-20)33-11-10-32(2)19(14-33)23(24,25)26/h5-6,8-9,13,16,19,27H,3-4,7,10-12,14H2,1-2H3,(H,28,34)(H,29,30,31). The fraction of sp³-hybridized carbons (Fsp3) is 0.522. The summed E-state index contributed by atoms with van der Waals surface area (Å²) in [5.74, 6) is -0.312. The molecule has 2 atom stereocenters. The topological polar surface area (TPSA) is 92.9 Å². The third kappa shape index (κ3) is 5.35. The number of H-pyrrole nitrogens is 2. The molecule has 1 amide bonds. The van der Waals surface area contributed by atoms with Gasteiger partial charge in [-0.2, -0.15) is 18.2 Å². The van der Waals surface area contributed by atoms with E-state index in [0.717, 1.165) is 35.7 Å². The molecule has 2 aromatic heterocycles. The first kappa shape index (κ1) is 24.1. The maximum atomic E-state index is 13.3. The first-order valence-electron chi connectivity index (χ1n) is 11.6. The van der Waals surface area contributed by atoms with E-state index >= 15 is 0 Å². The molecule has 11 heteroatoms. The number of aromatic amines is 2. The van der Waals surface area contributed by atoms with Crippen molar-refractivity contribution in [1.82, 2.24) is 30.4 Å². The molecule has 8 nitrogen and oxygen atoms in total. The van der Waals surface area contributed by atoms with E-state index in [-0.39, 0.29) is 30.9 Å². The summed E-state index contributed by atoms with van der Waals surface area (Å²) >= 11 is 0. The second kappa shape index (κ2) is 10.0. The highest BCUT2D eigenvalue weighted by Gasteiger charge is 2.45. The molecule has 0 radical (unpaired) electrons. The van der Waals surface area contributed by atoms with Gasteiger partial charge in [0.25, 0.3) is 5.91 Å². The Labute approximate surface area is 195 Å². The lowest BCUT2D eigenvalue weighted by Crippen LogP contribution is -2.57. The molecule has 184 valence electrons. The number of hydrogen-bond donors (Lipinski definition) is 3. The van der Waals surface area contributed by atoms with Gasteiger partial charge in [-0.15, -0.1) is 5.10 Å². The number of rotatable bonds is 8. The van der Waals surface area contributed by atoms with Crippen LogP contribution in [0, 0.1) is 0 Å². The van der Waals surface area contributed by atoms with E-state index in [1.165, 1.54) is 16.8 Å². The number of anilines is 1. The predicted octanol–water partition coefficient (Wildman–Crippen LogP) is 3.50. The number of fused-ring (bicyclic) bond motifs is 1. The number of aromatic nitrogens is 4. The number of unbranched alkanes of at least 4 members (excludes halogenated alkanes) is 1. The number of piperazine rings is 1. The van der Waals surface area contributed by atoms with Crippen molar-refractivity contribution in [1.29, 1.82) is 0 Å². The first-order valence-corrected chi connectivity index (χ1v) is 11.6. The van der Waals surface area contributed by atoms with E-state index < -0.39 is 18.1 Å². The zero-order chi connectivity index (χ0) is 24.3. The van der Waals surface area contributed by atoms with Crippen molar-refractivity contribution in [2.45, 2.75) is 50.9 Å². The smallest absolute Gasteiger partial charge is 0.361 e. The second-order valence-electron chi connectivity index (χ2n) is 8.84. The van der Waals surface area contributed by atoms with E-state index in [9.17, 15) is 18.0 Å². The van der Waals surface area contributed by atoms with Crippen molar-refractivity contribution >= 4 is 22.8 Å². The van der Waals surface area contributed by atoms with Crippen LogP contribution in [0.25, 0.3) is 10.9 Å². The molecule has 1 aromatic carbocycles. The number of amides is 1. The lowest BCUT2D eigenvalue weighted by atomic mass is 10.0. The minimum atomic E-state index is -4.35. The Kier molecular flexibility index (Phi) is 7.11. The molecule has 3 N–H and O–H groups in total. The summed E-state index contributed by atoms with van der Waals surface area (Å²) in [5.41, 5.74) is 2.16. The largest absolute Gasteiger partial charge is 0.405 e. The van der Waals surface area contributed by atoms with Crippen molar-refractivity contribution < 1.29 is 18.0 Å². The van der Waals surface area contributed by atoms with Gasteiger partial charge in [-0.3, -0.25) is 14.8 Å². The monoisotopic (exact) mass is 477 g/mol. The van der Waals surface area contributed by atoms with Gasteiger partial charge < -0.3 is 15.2 Å². The number of nitrogens with one attached hydrogen (secondary N) is 3. The van der Waals surface area contributed by atoms with E-state index in [2.05, 4.69) is 32.4 Å². The lowest BCUT2D eigenvalue weighted by molar-refractivity contribution is -0.180. The molecular formula is C23H30F3N7O. The highest BCUT2D eigenvalue weighted by atomic mass is 19.4. The molecule has 0 saturated carbocycles.